The third kappa shape index (κ3) is 4.90. The van der Waals surface area contributed by atoms with Gasteiger partial charge in [0.1, 0.15) is 0 Å². The quantitative estimate of drug-likeness (QED) is 0.377. The molecular formula is C33H37NO2. The molecule has 0 N–H and O–H groups in total. The Morgan fingerprint density at radius 2 is 1.47 bits per heavy atom. The number of nitrogens with zero attached hydrogens (tertiary/aromatic N) is 1. The maximum atomic E-state index is 13.1. The lowest BCUT2D eigenvalue weighted by Gasteiger charge is -2.40. The van der Waals surface area contributed by atoms with Crippen LogP contribution in [0.4, 0.5) is 0 Å². The van der Waals surface area contributed by atoms with Crippen molar-refractivity contribution in [3.8, 4) is 0 Å². The zero-order chi connectivity index (χ0) is 25.0. The SMILES string of the molecule is CCOC(=O)C1(c2ccc(C)cc2)CCN(CCC=C2c3ccccc3CCc3ccccc32)CC1. The van der Waals surface area contributed by atoms with Crippen LogP contribution in [0.5, 0.6) is 0 Å². The highest BCUT2D eigenvalue weighted by atomic mass is 16.5. The number of carbonyl (C=O) groups is 1. The molecule has 3 aromatic rings. The van der Waals surface area contributed by atoms with Gasteiger partial charge in [-0.1, -0.05) is 84.4 Å². The predicted molar refractivity (Wildman–Crippen MR) is 147 cm³/mol. The van der Waals surface area contributed by atoms with Crippen LogP contribution in [0, 0.1) is 6.92 Å². The predicted octanol–water partition coefficient (Wildman–Crippen LogP) is 6.51. The normalized spacial score (nSPS) is 17.0. The first-order valence-electron chi connectivity index (χ1n) is 13.4. The number of carbonyl (C=O) groups excluding carboxylic acids is 1. The number of ether oxygens (including phenoxy) is 1. The van der Waals surface area contributed by atoms with Gasteiger partial charge >= 0.3 is 5.97 Å². The van der Waals surface area contributed by atoms with Crippen molar-refractivity contribution >= 4 is 11.5 Å². The first-order chi connectivity index (χ1) is 17.6. The molecule has 186 valence electrons. The second-order valence-electron chi connectivity index (χ2n) is 10.2. The van der Waals surface area contributed by atoms with Gasteiger partial charge in [-0.05, 0) is 92.4 Å². The van der Waals surface area contributed by atoms with Crippen LogP contribution in [-0.2, 0) is 27.8 Å². The zero-order valence-corrected chi connectivity index (χ0v) is 21.6. The second-order valence-corrected chi connectivity index (χ2v) is 10.2. The highest BCUT2D eigenvalue weighted by molar-refractivity contribution is 5.84. The molecule has 3 aromatic carbocycles. The summed E-state index contributed by atoms with van der Waals surface area (Å²) in [5.74, 6) is -0.0673. The van der Waals surface area contributed by atoms with E-state index in [0.717, 1.165) is 57.3 Å². The van der Waals surface area contributed by atoms with Crippen LogP contribution in [0.2, 0.25) is 0 Å². The van der Waals surface area contributed by atoms with Crippen molar-refractivity contribution in [3.05, 3.63) is 112 Å². The van der Waals surface area contributed by atoms with Gasteiger partial charge in [0.15, 0.2) is 0 Å². The molecule has 2 aliphatic rings. The average Bonchev–Trinajstić information content (AvgIpc) is 3.07. The first kappa shape index (κ1) is 24.5. The van der Waals surface area contributed by atoms with Gasteiger partial charge in [-0.2, -0.15) is 0 Å². The molecule has 0 amide bonds. The van der Waals surface area contributed by atoms with Gasteiger partial charge in [0.05, 0.1) is 12.0 Å². The smallest absolute Gasteiger partial charge is 0.316 e. The minimum atomic E-state index is -0.530. The molecule has 1 fully saturated rings. The van der Waals surface area contributed by atoms with Crippen molar-refractivity contribution in [1.82, 2.24) is 4.90 Å². The summed E-state index contributed by atoms with van der Waals surface area (Å²) in [5, 5.41) is 0. The van der Waals surface area contributed by atoms with Crippen LogP contribution in [0.1, 0.15) is 59.6 Å². The Labute approximate surface area is 215 Å². The van der Waals surface area contributed by atoms with E-state index in [4.69, 9.17) is 4.74 Å². The summed E-state index contributed by atoms with van der Waals surface area (Å²) < 4.78 is 5.58. The Morgan fingerprint density at radius 1 is 0.889 bits per heavy atom. The molecule has 1 heterocycles. The number of rotatable bonds is 6. The molecule has 1 aliphatic heterocycles. The molecular weight excluding hydrogens is 442 g/mol. The molecule has 0 spiro atoms. The Kier molecular flexibility index (Phi) is 7.38. The highest BCUT2D eigenvalue weighted by Gasteiger charge is 2.44. The molecule has 3 nitrogen and oxygen atoms in total. The number of aryl methyl sites for hydroxylation is 3. The van der Waals surface area contributed by atoms with E-state index in [-0.39, 0.29) is 5.97 Å². The molecule has 3 heteroatoms. The molecule has 1 aliphatic carbocycles. The van der Waals surface area contributed by atoms with Gasteiger partial charge in [-0.15, -0.1) is 0 Å². The fraction of sp³-hybridized carbons (Fsp3) is 0.364. The lowest BCUT2D eigenvalue weighted by molar-refractivity contribution is -0.152. The van der Waals surface area contributed by atoms with Crippen LogP contribution in [0.3, 0.4) is 0 Å². The minimum Gasteiger partial charge on any atom is -0.465 e. The number of piperidine rings is 1. The third-order valence-electron chi connectivity index (χ3n) is 8.05. The number of benzene rings is 3. The van der Waals surface area contributed by atoms with E-state index < -0.39 is 5.41 Å². The summed E-state index contributed by atoms with van der Waals surface area (Å²) in [6.45, 7) is 7.22. The van der Waals surface area contributed by atoms with Gasteiger partial charge in [0.25, 0.3) is 0 Å². The maximum absolute atomic E-state index is 13.1. The lowest BCUT2D eigenvalue weighted by atomic mass is 9.72. The molecule has 1 saturated heterocycles. The summed E-state index contributed by atoms with van der Waals surface area (Å²) in [5.41, 5.74) is 8.79. The zero-order valence-electron chi connectivity index (χ0n) is 21.6. The maximum Gasteiger partial charge on any atom is 0.316 e. The van der Waals surface area contributed by atoms with Gasteiger partial charge in [0, 0.05) is 6.54 Å². The van der Waals surface area contributed by atoms with Crippen LogP contribution in [0.25, 0.3) is 5.57 Å². The number of fused-ring (bicyclic) bond motifs is 2. The number of esters is 1. The molecule has 0 saturated carbocycles. The third-order valence-corrected chi connectivity index (χ3v) is 8.05. The molecule has 0 atom stereocenters. The summed E-state index contributed by atoms with van der Waals surface area (Å²) >= 11 is 0. The summed E-state index contributed by atoms with van der Waals surface area (Å²) in [4.78, 5) is 15.7. The average molecular weight is 480 g/mol. The van der Waals surface area contributed by atoms with Crippen molar-refractivity contribution < 1.29 is 9.53 Å². The molecule has 0 bridgehead atoms. The molecule has 0 aromatic heterocycles. The Morgan fingerprint density at radius 3 is 2.06 bits per heavy atom. The second kappa shape index (κ2) is 10.8. The Hall–Kier alpha value is -3.17. The Bertz CT molecular complexity index is 1180. The van der Waals surface area contributed by atoms with Gasteiger partial charge < -0.3 is 9.64 Å². The van der Waals surface area contributed by atoms with Crippen molar-refractivity contribution in [1.29, 1.82) is 0 Å². The molecule has 36 heavy (non-hydrogen) atoms. The summed E-state index contributed by atoms with van der Waals surface area (Å²) in [6.07, 6.45) is 7.22. The molecule has 0 radical (unpaired) electrons. The van der Waals surface area contributed by atoms with E-state index >= 15 is 0 Å². The highest BCUT2D eigenvalue weighted by Crippen LogP contribution is 2.38. The summed E-state index contributed by atoms with van der Waals surface area (Å²) in [7, 11) is 0. The topological polar surface area (TPSA) is 29.5 Å². The van der Waals surface area contributed by atoms with Crippen LogP contribution in [-0.4, -0.2) is 37.1 Å². The largest absolute Gasteiger partial charge is 0.465 e. The van der Waals surface area contributed by atoms with Crippen molar-refractivity contribution in [3.63, 3.8) is 0 Å². The van der Waals surface area contributed by atoms with Crippen molar-refractivity contribution in [2.24, 2.45) is 0 Å². The fourth-order valence-corrected chi connectivity index (χ4v) is 5.94. The lowest BCUT2D eigenvalue weighted by Crippen LogP contribution is -2.48. The minimum absolute atomic E-state index is 0.0673. The van der Waals surface area contributed by atoms with Crippen LogP contribution < -0.4 is 0 Å². The van der Waals surface area contributed by atoms with E-state index in [9.17, 15) is 4.79 Å². The number of likely N-dealkylation sites (tertiary alicyclic amines) is 1. The van der Waals surface area contributed by atoms with Crippen molar-refractivity contribution in [2.45, 2.75) is 51.4 Å². The standard InChI is InChI=1S/C33H37NO2/c1-3-36-32(35)33(28-18-14-25(2)15-19-28)20-23-34(24-21-33)22-8-13-31-29-11-6-4-9-26(29)16-17-27-10-5-7-12-30(27)31/h4-7,9-15,18-19H,3,8,16-17,20-24H2,1-2H3. The van der Waals surface area contributed by atoms with E-state index in [0.29, 0.717) is 6.61 Å². The fourth-order valence-electron chi connectivity index (χ4n) is 5.94. The number of hydrogen-bond donors (Lipinski definition) is 0. The Balaban J connectivity index is 1.32. The monoisotopic (exact) mass is 479 g/mol. The first-order valence-corrected chi connectivity index (χ1v) is 13.4. The van der Waals surface area contributed by atoms with Gasteiger partial charge in [-0.25, -0.2) is 0 Å². The van der Waals surface area contributed by atoms with Crippen molar-refractivity contribution in [2.75, 3.05) is 26.2 Å². The molecule has 5 rings (SSSR count). The van der Waals surface area contributed by atoms with E-state index in [2.05, 4.69) is 90.7 Å². The van der Waals surface area contributed by atoms with Crippen LogP contribution >= 0.6 is 0 Å². The molecule has 0 unspecified atom stereocenters. The van der Waals surface area contributed by atoms with E-state index in [1.807, 2.05) is 6.92 Å². The van der Waals surface area contributed by atoms with E-state index in [1.54, 1.807) is 0 Å². The number of hydrogen-bond acceptors (Lipinski definition) is 3. The van der Waals surface area contributed by atoms with Crippen LogP contribution in [0.15, 0.2) is 78.9 Å². The van der Waals surface area contributed by atoms with E-state index in [1.165, 1.54) is 33.4 Å². The van der Waals surface area contributed by atoms with Gasteiger partial charge in [0.2, 0.25) is 0 Å². The van der Waals surface area contributed by atoms with Gasteiger partial charge in [-0.3, -0.25) is 4.79 Å². The summed E-state index contributed by atoms with van der Waals surface area (Å²) in [6, 6.07) is 26.2.